The van der Waals surface area contributed by atoms with Gasteiger partial charge >= 0.3 is 5.97 Å². The molecule has 7 nitrogen and oxygen atoms in total. The number of ether oxygens (including phenoxy) is 1. The molecular weight excluding hydrogens is 284 g/mol. The van der Waals surface area contributed by atoms with Crippen LogP contribution in [0.15, 0.2) is 24.4 Å². The molecule has 0 saturated carbocycles. The van der Waals surface area contributed by atoms with Gasteiger partial charge in [0, 0.05) is 31.9 Å². The Morgan fingerprint density at radius 3 is 2.86 bits per heavy atom. The minimum Gasteiger partial charge on any atom is -0.466 e. The van der Waals surface area contributed by atoms with Gasteiger partial charge in [-0.1, -0.05) is 6.08 Å². The van der Waals surface area contributed by atoms with Gasteiger partial charge in [-0.2, -0.15) is 0 Å². The molecule has 0 atom stereocenters. The van der Waals surface area contributed by atoms with Crippen LogP contribution in [0.1, 0.15) is 29.8 Å². The molecule has 0 spiro atoms. The zero-order valence-electron chi connectivity index (χ0n) is 12.6. The van der Waals surface area contributed by atoms with Crippen molar-refractivity contribution in [2.24, 2.45) is 0 Å². The first-order chi connectivity index (χ1) is 10.7. The minimum absolute atomic E-state index is 0.233. The van der Waals surface area contributed by atoms with E-state index in [0.717, 1.165) is 25.9 Å². The number of esters is 1. The molecule has 2 rings (SSSR count). The summed E-state index contributed by atoms with van der Waals surface area (Å²) >= 11 is 0. The van der Waals surface area contributed by atoms with Gasteiger partial charge in [0.15, 0.2) is 0 Å². The Labute approximate surface area is 129 Å². The van der Waals surface area contributed by atoms with E-state index in [-0.39, 0.29) is 12.5 Å². The Kier molecular flexibility index (Phi) is 5.88. The predicted octanol–water partition coefficient (Wildman–Crippen LogP) is 0.926. The lowest BCUT2D eigenvalue weighted by atomic mass is 10.1. The van der Waals surface area contributed by atoms with Crippen molar-refractivity contribution >= 4 is 17.8 Å². The highest BCUT2D eigenvalue weighted by Gasteiger charge is 2.15. The molecule has 1 aliphatic heterocycles. The number of hydrogen-bond donors (Lipinski definition) is 1. The molecule has 0 bridgehead atoms. The van der Waals surface area contributed by atoms with Crippen LogP contribution < -0.4 is 10.2 Å². The molecular formula is C15H20N4O3. The second-order valence-electron chi connectivity index (χ2n) is 4.93. The van der Waals surface area contributed by atoms with Gasteiger partial charge < -0.3 is 15.0 Å². The number of rotatable bonds is 5. The largest absolute Gasteiger partial charge is 0.466 e. The van der Waals surface area contributed by atoms with Gasteiger partial charge in [-0.05, 0) is 25.3 Å². The average Bonchev–Trinajstić information content (AvgIpc) is 2.59. The van der Waals surface area contributed by atoms with Crippen molar-refractivity contribution in [2.75, 3.05) is 31.6 Å². The molecule has 118 valence electrons. The van der Waals surface area contributed by atoms with Crippen molar-refractivity contribution in [3.8, 4) is 0 Å². The van der Waals surface area contributed by atoms with Crippen LogP contribution in [-0.4, -0.2) is 48.6 Å². The highest BCUT2D eigenvalue weighted by Crippen LogP contribution is 2.15. The van der Waals surface area contributed by atoms with E-state index in [1.807, 2.05) is 0 Å². The van der Waals surface area contributed by atoms with Crippen molar-refractivity contribution in [3.05, 3.63) is 30.1 Å². The number of hydrogen-bond acceptors (Lipinski definition) is 6. The van der Waals surface area contributed by atoms with Crippen LogP contribution in [0.3, 0.4) is 0 Å². The van der Waals surface area contributed by atoms with Gasteiger partial charge in [-0.15, -0.1) is 0 Å². The fourth-order valence-electron chi connectivity index (χ4n) is 2.19. The summed E-state index contributed by atoms with van der Waals surface area (Å²) in [5, 5.41) is 2.67. The molecule has 0 aromatic carbocycles. The van der Waals surface area contributed by atoms with E-state index in [1.165, 1.54) is 25.7 Å². The maximum Gasteiger partial charge on any atom is 0.330 e. The highest BCUT2D eigenvalue weighted by molar-refractivity contribution is 5.92. The minimum atomic E-state index is -0.455. The number of aromatic nitrogens is 2. The Hall–Kier alpha value is -2.44. The lowest BCUT2D eigenvalue weighted by molar-refractivity contribution is -0.134. The molecule has 1 saturated heterocycles. The van der Waals surface area contributed by atoms with Gasteiger partial charge in [0.05, 0.1) is 7.11 Å². The zero-order chi connectivity index (χ0) is 15.8. The number of carbonyl (C=O) groups excluding carboxylic acids is 2. The lowest BCUT2D eigenvalue weighted by Crippen LogP contribution is -2.32. The van der Waals surface area contributed by atoms with E-state index < -0.39 is 5.97 Å². The van der Waals surface area contributed by atoms with E-state index in [4.69, 9.17) is 0 Å². The van der Waals surface area contributed by atoms with E-state index in [1.54, 1.807) is 12.3 Å². The summed E-state index contributed by atoms with van der Waals surface area (Å²) in [6.45, 7) is 2.08. The highest BCUT2D eigenvalue weighted by atomic mass is 16.5. The third kappa shape index (κ3) is 4.54. The number of amides is 1. The zero-order valence-corrected chi connectivity index (χ0v) is 12.6. The smallest absolute Gasteiger partial charge is 0.330 e. The summed E-state index contributed by atoms with van der Waals surface area (Å²) in [6.07, 6.45) is 7.85. The third-order valence-electron chi connectivity index (χ3n) is 3.35. The Bertz CT molecular complexity index is 553. The second kappa shape index (κ2) is 8.11. The number of carbonyl (C=O) groups is 2. The van der Waals surface area contributed by atoms with E-state index in [2.05, 4.69) is 24.9 Å². The molecule has 1 amide bonds. The van der Waals surface area contributed by atoms with Crippen LogP contribution in [0, 0.1) is 0 Å². The summed E-state index contributed by atoms with van der Waals surface area (Å²) in [4.78, 5) is 33.6. The van der Waals surface area contributed by atoms with Gasteiger partial charge in [0.1, 0.15) is 5.69 Å². The molecule has 1 aromatic heterocycles. The SMILES string of the molecule is COC(=O)/C=C/CNC(=O)c1ccnc(N2CCCCC2)n1. The van der Waals surface area contributed by atoms with Crippen molar-refractivity contribution < 1.29 is 14.3 Å². The van der Waals surface area contributed by atoms with Crippen LogP contribution >= 0.6 is 0 Å². The number of anilines is 1. The van der Waals surface area contributed by atoms with Crippen molar-refractivity contribution in [1.29, 1.82) is 0 Å². The molecule has 7 heteroatoms. The number of piperidine rings is 1. The van der Waals surface area contributed by atoms with Crippen LogP contribution in [0.4, 0.5) is 5.95 Å². The quantitative estimate of drug-likeness (QED) is 0.643. The molecule has 1 aromatic rings. The van der Waals surface area contributed by atoms with Gasteiger partial charge in [-0.25, -0.2) is 14.8 Å². The maximum absolute atomic E-state index is 12.0. The summed E-state index contributed by atoms with van der Waals surface area (Å²) in [7, 11) is 1.30. The molecule has 1 N–H and O–H groups in total. The summed E-state index contributed by atoms with van der Waals surface area (Å²) in [6, 6.07) is 1.58. The van der Waals surface area contributed by atoms with E-state index >= 15 is 0 Å². The first kappa shape index (κ1) is 15.9. The maximum atomic E-state index is 12.0. The van der Waals surface area contributed by atoms with Crippen LogP contribution in [0.5, 0.6) is 0 Å². The summed E-state index contributed by atoms with van der Waals surface area (Å²) < 4.78 is 4.46. The predicted molar refractivity (Wildman–Crippen MR) is 81.6 cm³/mol. The Morgan fingerprint density at radius 2 is 2.14 bits per heavy atom. The van der Waals surface area contributed by atoms with Crippen LogP contribution in [0.2, 0.25) is 0 Å². The number of nitrogens with zero attached hydrogens (tertiary/aromatic N) is 3. The number of nitrogens with one attached hydrogen (secondary N) is 1. The monoisotopic (exact) mass is 304 g/mol. The molecule has 0 unspecified atom stereocenters. The third-order valence-corrected chi connectivity index (χ3v) is 3.35. The van der Waals surface area contributed by atoms with Crippen molar-refractivity contribution in [3.63, 3.8) is 0 Å². The molecule has 22 heavy (non-hydrogen) atoms. The molecule has 0 radical (unpaired) electrons. The molecule has 0 aliphatic carbocycles. The standard InChI is InChI=1S/C15H20N4O3/c1-22-13(20)6-5-8-16-14(21)12-7-9-17-15(18-12)19-10-3-2-4-11-19/h5-7,9H,2-4,8,10-11H2,1H3,(H,16,21)/b6-5+. The average molecular weight is 304 g/mol. The van der Waals surface area contributed by atoms with Crippen LogP contribution in [0.25, 0.3) is 0 Å². The van der Waals surface area contributed by atoms with Crippen LogP contribution in [-0.2, 0) is 9.53 Å². The Balaban J connectivity index is 1.92. The molecule has 1 fully saturated rings. The summed E-state index contributed by atoms with van der Waals surface area (Å²) in [5.41, 5.74) is 0.321. The first-order valence-corrected chi connectivity index (χ1v) is 7.31. The van der Waals surface area contributed by atoms with Gasteiger partial charge in [0.25, 0.3) is 5.91 Å². The normalized spacial score (nSPS) is 14.9. The van der Waals surface area contributed by atoms with E-state index in [9.17, 15) is 9.59 Å². The Morgan fingerprint density at radius 1 is 1.36 bits per heavy atom. The molecule has 2 heterocycles. The van der Waals surface area contributed by atoms with E-state index in [0.29, 0.717) is 11.6 Å². The topological polar surface area (TPSA) is 84.4 Å². The lowest BCUT2D eigenvalue weighted by Gasteiger charge is -2.26. The fraction of sp³-hybridized carbons (Fsp3) is 0.467. The van der Waals surface area contributed by atoms with Crippen molar-refractivity contribution in [1.82, 2.24) is 15.3 Å². The van der Waals surface area contributed by atoms with Crippen molar-refractivity contribution in [2.45, 2.75) is 19.3 Å². The second-order valence-corrected chi connectivity index (χ2v) is 4.93. The fourth-order valence-corrected chi connectivity index (χ4v) is 2.19. The molecule has 1 aliphatic rings. The van der Waals surface area contributed by atoms with Gasteiger partial charge in [0.2, 0.25) is 5.95 Å². The number of methoxy groups -OCH3 is 1. The summed E-state index contributed by atoms with van der Waals surface area (Å²) in [5.74, 6) is -0.156. The van der Waals surface area contributed by atoms with Gasteiger partial charge in [-0.3, -0.25) is 4.79 Å². The first-order valence-electron chi connectivity index (χ1n) is 7.31.